The lowest BCUT2D eigenvalue weighted by Gasteiger charge is -2.24. The molecule has 1 saturated heterocycles. The minimum Gasteiger partial charge on any atom is -0.465 e. The van der Waals surface area contributed by atoms with E-state index >= 15 is 0 Å². The Morgan fingerprint density at radius 1 is 1.33 bits per heavy atom. The zero-order chi connectivity index (χ0) is 15.0. The molecule has 1 aliphatic rings. The van der Waals surface area contributed by atoms with Crippen LogP contribution in [0.2, 0.25) is 0 Å². The second kappa shape index (κ2) is 5.31. The van der Waals surface area contributed by atoms with E-state index in [1.54, 1.807) is 12.1 Å². The molecule has 2 heterocycles. The lowest BCUT2D eigenvalue weighted by Crippen LogP contribution is -2.28. The Morgan fingerprint density at radius 2 is 2.14 bits per heavy atom. The number of esters is 1. The average molecular weight is 285 g/mol. The van der Waals surface area contributed by atoms with Crippen molar-refractivity contribution in [3.8, 4) is 0 Å². The zero-order valence-electron chi connectivity index (χ0n) is 12.6. The van der Waals surface area contributed by atoms with Crippen LogP contribution in [-0.4, -0.2) is 35.6 Å². The SMILES string of the molecule is COC(=O)c1ccc2nc(C)c(N3CCC[C@H]3C)nc2c1. The molecule has 1 aliphatic heterocycles. The van der Waals surface area contributed by atoms with Crippen LogP contribution in [0.4, 0.5) is 5.82 Å². The monoisotopic (exact) mass is 285 g/mol. The zero-order valence-corrected chi connectivity index (χ0v) is 12.6. The summed E-state index contributed by atoms with van der Waals surface area (Å²) in [6.07, 6.45) is 2.36. The van der Waals surface area contributed by atoms with Crippen molar-refractivity contribution in [1.29, 1.82) is 0 Å². The average Bonchev–Trinajstić information content (AvgIpc) is 2.91. The number of carbonyl (C=O) groups excluding carboxylic acids is 1. The van der Waals surface area contributed by atoms with E-state index < -0.39 is 0 Å². The Hall–Kier alpha value is -2.17. The molecule has 1 aromatic heterocycles. The van der Waals surface area contributed by atoms with Gasteiger partial charge in [0.1, 0.15) is 0 Å². The molecule has 0 N–H and O–H groups in total. The third-order valence-corrected chi connectivity index (χ3v) is 4.06. The van der Waals surface area contributed by atoms with E-state index in [2.05, 4.69) is 16.8 Å². The highest BCUT2D eigenvalue weighted by Crippen LogP contribution is 2.27. The predicted octanol–water partition coefficient (Wildman–Crippen LogP) is 2.71. The van der Waals surface area contributed by atoms with Crippen LogP contribution in [0.1, 0.15) is 35.8 Å². The number of rotatable bonds is 2. The van der Waals surface area contributed by atoms with E-state index in [-0.39, 0.29) is 5.97 Å². The lowest BCUT2D eigenvalue weighted by atomic mass is 10.2. The summed E-state index contributed by atoms with van der Waals surface area (Å²) >= 11 is 0. The minimum absolute atomic E-state index is 0.352. The third-order valence-electron chi connectivity index (χ3n) is 4.06. The van der Waals surface area contributed by atoms with Crippen molar-refractivity contribution in [2.24, 2.45) is 0 Å². The van der Waals surface area contributed by atoms with Gasteiger partial charge in [0.05, 0.1) is 29.4 Å². The molecule has 3 rings (SSSR count). The molecule has 5 heteroatoms. The molecule has 2 aromatic rings. The van der Waals surface area contributed by atoms with Crippen LogP contribution >= 0.6 is 0 Å². The summed E-state index contributed by atoms with van der Waals surface area (Å²) in [5.74, 6) is 0.574. The molecular weight excluding hydrogens is 266 g/mol. The standard InChI is InChI=1S/C16H19N3O2/c1-10-5-4-8-19(10)15-11(2)17-13-7-6-12(16(20)21-3)9-14(13)18-15/h6-7,9-10H,4-5,8H2,1-3H3/t10-/m1/s1. The predicted molar refractivity (Wildman–Crippen MR) is 81.7 cm³/mol. The minimum atomic E-state index is -0.352. The largest absolute Gasteiger partial charge is 0.465 e. The number of hydrogen-bond acceptors (Lipinski definition) is 5. The fourth-order valence-corrected chi connectivity index (χ4v) is 2.90. The second-order valence-corrected chi connectivity index (χ2v) is 5.51. The Kier molecular flexibility index (Phi) is 3.49. The molecule has 110 valence electrons. The number of nitrogens with zero attached hydrogens (tertiary/aromatic N) is 3. The quantitative estimate of drug-likeness (QED) is 0.794. The molecule has 1 fully saturated rings. The Morgan fingerprint density at radius 3 is 2.81 bits per heavy atom. The van der Waals surface area contributed by atoms with E-state index in [1.807, 2.05) is 13.0 Å². The maximum Gasteiger partial charge on any atom is 0.337 e. The number of ether oxygens (including phenoxy) is 1. The molecular formula is C16H19N3O2. The van der Waals surface area contributed by atoms with Crippen molar-refractivity contribution in [1.82, 2.24) is 9.97 Å². The van der Waals surface area contributed by atoms with Gasteiger partial charge in [-0.1, -0.05) is 0 Å². The Balaban J connectivity index is 2.09. The van der Waals surface area contributed by atoms with E-state index in [0.717, 1.165) is 29.1 Å². The third kappa shape index (κ3) is 2.44. The highest BCUT2D eigenvalue weighted by molar-refractivity contribution is 5.93. The fourth-order valence-electron chi connectivity index (χ4n) is 2.90. The van der Waals surface area contributed by atoms with Gasteiger partial charge in [-0.25, -0.2) is 14.8 Å². The van der Waals surface area contributed by atoms with Crippen molar-refractivity contribution in [2.45, 2.75) is 32.7 Å². The molecule has 0 bridgehead atoms. The second-order valence-electron chi connectivity index (χ2n) is 5.51. The summed E-state index contributed by atoms with van der Waals surface area (Å²) in [5, 5.41) is 0. The number of benzene rings is 1. The van der Waals surface area contributed by atoms with Gasteiger partial charge in [-0.2, -0.15) is 0 Å². The fraction of sp³-hybridized carbons (Fsp3) is 0.438. The highest BCUT2D eigenvalue weighted by Gasteiger charge is 2.24. The first-order valence-electron chi connectivity index (χ1n) is 7.23. The smallest absolute Gasteiger partial charge is 0.337 e. The van der Waals surface area contributed by atoms with Gasteiger partial charge in [-0.05, 0) is 44.9 Å². The topological polar surface area (TPSA) is 55.3 Å². The summed E-state index contributed by atoms with van der Waals surface area (Å²) in [4.78, 5) is 23.3. The number of anilines is 1. The molecule has 0 saturated carbocycles. The van der Waals surface area contributed by atoms with Gasteiger partial charge in [-0.3, -0.25) is 0 Å². The number of fused-ring (bicyclic) bond motifs is 1. The van der Waals surface area contributed by atoms with E-state index in [0.29, 0.717) is 11.6 Å². The van der Waals surface area contributed by atoms with Gasteiger partial charge in [0, 0.05) is 12.6 Å². The van der Waals surface area contributed by atoms with Crippen molar-refractivity contribution in [3.63, 3.8) is 0 Å². The molecule has 1 aromatic carbocycles. The molecule has 0 amide bonds. The number of hydrogen-bond donors (Lipinski definition) is 0. The summed E-state index contributed by atoms with van der Waals surface area (Å²) in [5.41, 5.74) is 2.97. The first-order chi connectivity index (χ1) is 10.1. The number of carbonyl (C=O) groups is 1. The number of aromatic nitrogens is 2. The van der Waals surface area contributed by atoms with E-state index in [4.69, 9.17) is 9.72 Å². The maximum atomic E-state index is 11.6. The molecule has 0 aliphatic carbocycles. The summed E-state index contributed by atoms with van der Waals surface area (Å²) in [6, 6.07) is 5.77. The van der Waals surface area contributed by atoms with Gasteiger partial charge < -0.3 is 9.64 Å². The van der Waals surface area contributed by atoms with Gasteiger partial charge in [-0.15, -0.1) is 0 Å². The lowest BCUT2D eigenvalue weighted by molar-refractivity contribution is 0.0601. The van der Waals surface area contributed by atoms with Crippen molar-refractivity contribution in [3.05, 3.63) is 29.5 Å². The van der Waals surface area contributed by atoms with Crippen molar-refractivity contribution >= 4 is 22.8 Å². The highest BCUT2D eigenvalue weighted by atomic mass is 16.5. The normalized spacial score (nSPS) is 18.2. The van der Waals surface area contributed by atoms with Crippen molar-refractivity contribution in [2.75, 3.05) is 18.6 Å². The van der Waals surface area contributed by atoms with Crippen LogP contribution in [0.5, 0.6) is 0 Å². The molecule has 5 nitrogen and oxygen atoms in total. The van der Waals surface area contributed by atoms with Crippen LogP contribution in [0.25, 0.3) is 11.0 Å². The molecule has 0 unspecified atom stereocenters. The van der Waals surface area contributed by atoms with Crippen LogP contribution in [0.3, 0.4) is 0 Å². The first-order valence-corrected chi connectivity index (χ1v) is 7.23. The van der Waals surface area contributed by atoms with Gasteiger partial charge >= 0.3 is 5.97 Å². The van der Waals surface area contributed by atoms with Gasteiger partial charge in [0.25, 0.3) is 0 Å². The van der Waals surface area contributed by atoms with Gasteiger partial charge in [0.2, 0.25) is 0 Å². The Bertz CT molecular complexity index is 699. The molecule has 0 spiro atoms. The van der Waals surface area contributed by atoms with Gasteiger partial charge in [0.15, 0.2) is 5.82 Å². The summed E-state index contributed by atoms with van der Waals surface area (Å²) in [6.45, 7) is 5.21. The summed E-state index contributed by atoms with van der Waals surface area (Å²) < 4.78 is 4.76. The molecule has 0 radical (unpaired) electrons. The van der Waals surface area contributed by atoms with Crippen LogP contribution in [-0.2, 0) is 4.74 Å². The van der Waals surface area contributed by atoms with Crippen LogP contribution in [0, 0.1) is 6.92 Å². The van der Waals surface area contributed by atoms with Crippen LogP contribution in [0.15, 0.2) is 18.2 Å². The van der Waals surface area contributed by atoms with Crippen molar-refractivity contribution < 1.29 is 9.53 Å². The molecule has 21 heavy (non-hydrogen) atoms. The maximum absolute atomic E-state index is 11.6. The van der Waals surface area contributed by atoms with E-state index in [9.17, 15) is 4.79 Å². The first kappa shape index (κ1) is 13.8. The van der Waals surface area contributed by atoms with Crippen LogP contribution < -0.4 is 4.90 Å². The summed E-state index contributed by atoms with van der Waals surface area (Å²) in [7, 11) is 1.38. The number of aryl methyl sites for hydroxylation is 1. The number of methoxy groups -OCH3 is 1. The molecule has 1 atom stereocenters. The van der Waals surface area contributed by atoms with E-state index in [1.165, 1.54) is 20.0 Å². The Labute approximate surface area is 124 Å².